The van der Waals surface area contributed by atoms with E-state index in [9.17, 15) is 4.79 Å². The summed E-state index contributed by atoms with van der Waals surface area (Å²) in [5, 5.41) is 6.05. The van der Waals surface area contributed by atoms with E-state index < -0.39 is 5.60 Å². The van der Waals surface area contributed by atoms with E-state index in [2.05, 4.69) is 10.6 Å². The lowest BCUT2D eigenvalue weighted by atomic mass is 10.2. The largest absolute Gasteiger partial charge is 0.444 e. The van der Waals surface area contributed by atoms with E-state index >= 15 is 0 Å². The summed E-state index contributed by atoms with van der Waals surface area (Å²) in [6, 6.07) is 3.88. The second-order valence-electron chi connectivity index (χ2n) is 5.38. The lowest BCUT2D eigenvalue weighted by Crippen LogP contribution is -2.42. The van der Waals surface area contributed by atoms with Crippen molar-refractivity contribution in [3.63, 3.8) is 0 Å². The van der Waals surface area contributed by atoms with Gasteiger partial charge in [-0.05, 0) is 39.8 Å². The first-order valence-corrected chi connectivity index (χ1v) is 7.40. The summed E-state index contributed by atoms with van der Waals surface area (Å²) < 4.78 is 5.97. The van der Waals surface area contributed by atoms with Crippen LogP contribution < -0.4 is 10.6 Å². The van der Waals surface area contributed by atoms with E-state index in [4.69, 9.17) is 16.3 Å². The standard InChI is InChI=1S/C13H21ClN2O2S/c1-9(16-12(17)18-13(2,3)4)7-15-8-10-5-6-11(14)19-10/h5-6,9,15H,7-8H2,1-4H3,(H,16,17). The van der Waals surface area contributed by atoms with Gasteiger partial charge in [-0.15, -0.1) is 11.3 Å². The Hall–Kier alpha value is -0.780. The second-order valence-corrected chi connectivity index (χ2v) is 7.18. The molecule has 108 valence electrons. The number of halogens is 1. The van der Waals surface area contributed by atoms with Crippen LogP contribution in [-0.2, 0) is 11.3 Å². The predicted molar refractivity (Wildman–Crippen MR) is 79.9 cm³/mol. The van der Waals surface area contributed by atoms with Crippen molar-refractivity contribution in [2.75, 3.05) is 6.54 Å². The molecular weight excluding hydrogens is 284 g/mol. The highest BCUT2D eigenvalue weighted by atomic mass is 35.5. The van der Waals surface area contributed by atoms with Crippen LogP contribution in [0.2, 0.25) is 4.34 Å². The van der Waals surface area contributed by atoms with Gasteiger partial charge in [0.05, 0.1) is 4.34 Å². The Morgan fingerprint density at radius 2 is 2.16 bits per heavy atom. The van der Waals surface area contributed by atoms with Gasteiger partial charge < -0.3 is 15.4 Å². The Labute approximate surface area is 123 Å². The maximum Gasteiger partial charge on any atom is 0.407 e. The maximum atomic E-state index is 11.5. The first-order valence-electron chi connectivity index (χ1n) is 6.21. The molecule has 0 saturated heterocycles. The number of rotatable bonds is 5. The number of amides is 1. The maximum absolute atomic E-state index is 11.5. The minimum Gasteiger partial charge on any atom is -0.444 e. The minimum atomic E-state index is -0.467. The SMILES string of the molecule is CC(CNCc1ccc(Cl)s1)NC(=O)OC(C)(C)C. The zero-order valence-electron chi connectivity index (χ0n) is 11.7. The van der Waals surface area contributed by atoms with Crippen LogP contribution in [0.4, 0.5) is 4.79 Å². The third-order valence-corrected chi connectivity index (χ3v) is 3.37. The average molecular weight is 305 g/mol. The lowest BCUT2D eigenvalue weighted by Gasteiger charge is -2.22. The van der Waals surface area contributed by atoms with E-state index in [-0.39, 0.29) is 12.1 Å². The molecule has 2 N–H and O–H groups in total. The van der Waals surface area contributed by atoms with Crippen LogP contribution in [-0.4, -0.2) is 24.3 Å². The van der Waals surface area contributed by atoms with Gasteiger partial charge in [0.1, 0.15) is 5.60 Å². The summed E-state index contributed by atoms with van der Waals surface area (Å²) in [4.78, 5) is 12.7. The lowest BCUT2D eigenvalue weighted by molar-refractivity contribution is 0.0508. The molecule has 1 amide bonds. The van der Waals surface area contributed by atoms with Crippen molar-refractivity contribution in [3.8, 4) is 0 Å². The molecule has 1 aromatic heterocycles. The quantitative estimate of drug-likeness (QED) is 0.876. The molecule has 4 nitrogen and oxygen atoms in total. The van der Waals surface area contributed by atoms with Crippen molar-refractivity contribution < 1.29 is 9.53 Å². The molecule has 19 heavy (non-hydrogen) atoms. The Bertz CT molecular complexity index is 415. The smallest absolute Gasteiger partial charge is 0.407 e. The number of ether oxygens (including phenoxy) is 1. The molecular formula is C13H21ClN2O2S. The third kappa shape index (κ3) is 7.40. The van der Waals surface area contributed by atoms with E-state index in [1.54, 1.807) is 11.3 Å². The van der Waals surface area contributed by atoms with Gasteiger partial charge in [0, 0.05) is 24.0 Å². The predicted octanol–water partition coefficient (Wildman–Crippen LogP) is 3.40. The summed E-state index contributed by atoms with van der Waals surface area (Å²) in [7, 11) is 0. The molecule has 0 aliphatic rings. The molecule has 6 heteroatoms. The van der Waals surface area contributed by atoms with Gasteiger partial charge in [-0.2, -0.15) is 0 Å². The number of thiophene rings is 1. The fourth-order valence-electron chi connectivity index (χ4n) is 1.42. The Morgan fingerprint density at radius 3 is 2.68 bits per heavy atom. The summed E-state index contributed by atoms with van der Waals surface area (Å²) in [5.41, 5.74) is -0.467. The van der Waals surface area contributed by atoms with Crippen LogP contribution >= 0.6 is 22.9 Å². The topological polar surface area (TPSA) is 50.4 Å². The van der Waals surface area contributed by atoms with E-state index in [0.29, 0.717) is 6.54 Å². The van der Waals surface area contributed by atoms with Gasteiger partial charge in [-0.25, -0.2) is 4.79 Å². The van der Waals surface area contributed by atoms with Crippen LogP contribution in [0.15, 0.2) is 12.1 Å². The monoisotopic (exact) mass is 304 g/mol. The van der Waals surface area contributed by atoms with Gasteiger partial charge in [-0.3, -0.25) is 0 Å². The molecule has 0 fully saturated rings. The van der Waals surface area contributed by atoms with Crippen LogP contribution in [0.25, 0.3) is 0 Å². The molecule has 0 aromatic carbocycles. The van der Waals surface area contributed by atoms with Gasteiger partial charge in [0.2, 0.25) is 0 Å². The summed E-state index contributed by atoms with van der Waals surface area (Å²) in [5.74, 6) is 0. The van der Waals surface area contributed by atoms with Crippen LogP contribution in [0.1, 0.15) is 32.6 Å². The molecule has 0 radical (unpaired) electrons. The molecule has 1 unspecified atom stereocenters. The molecule has 0 saturated carbocycles. The number of carbonyl (C=O) groups is 1. The van der Waals surface area contributed by atoms with Gasteiger partial charge in [-0.1, -0.05) is 11.6 Å². The molecule has 0 aliphatic heterocycles. The average Bonchev–Trinajstić information content (AvgIpc) is 2.60. The summed E-state index contributed by atoms with van der Waals surface area (Å²) in [6.07, 6.45) is -0.388. The normalized spacial score (nSPS) is 13.1. The second kappa shape index (κ2) is 7.12. The molecule has 0 spiro atoms. The van der Waals surface area contributed by atoms with Crippen LogP contribution in [0.5, 0.6) is 0 Å². The fourth-order valence-corrected chi connectivity index (χ4v) is 2.48. The highest BCUT2D eigenvalue weighted by molar-refractivity contribution is 7.16. The number of hydrogen-bond acceptors (Lipinski definition) is 4. The summed E-state index contributed by atoms with van der Waals surface area (Å²) >= 11 is 7.40. The Kier molecular flexibility index (Phi) is 6.10. The first kappa shape index (κ1) is 16.3. The van der Waals surface area contributed by atoms with Gasteiger partial charge in [0.25, 0.3) is 0 Å². The highest BCUT2D eigenvalue weighted by Crippen LogP contribution is 2.20. The molecule has 1 atom stereocenters. The van der Waals surface area contributed by atoms with Crippen molar-refractivity contribution in [2.45, 2.75) is 45.9 Å². The number of alkyl carbamates (subject to hydrolysis) is 1. The van der Waals surface area contributed by atoms with Crippen molar-refractivity contribution >= 4 is 29.0 Å². The Balaban J connectivity index is 2.21. The van der Waals surface area contributed by atoms with Crippen molar-refractivity contribution in [1.29, 1.82) is 0 Å². The zero-order valence-corrected chi connectivity index (χ0v) is 13.3. The molecule has 1 aromatic rings. The van der Waals surface area contributed by atoms with Crippen LogP contribution in [0, 0.1) is 0 Å². The van der Waals surface area contributed by atoms with E-state index in [0.717, 1.165) is 10.9 Å². The van der Waals surface area contributed by atoms with Gasteiger partial charge >= 0.3 is 6.09 Å². The number of carbonyl (C=O) groups excluding carboxylic acids is 1. The van der Waals surface area contributed by atoms with Gasteiger partial charge in [0.15, 0.2) is 0 Å². The van der Waals surface area contributed by atoms with E-state index in [1.807, 2.05) is 39.8 Å². The molecule has 0 bridgehead atoms. The first-order chi connectivity index (χ1) is 8.76. The molecule has 1 heterocycles. The highest BCUT2D eigenvalue weighted by Gasteiger charge is 2.17. The zero-order chi connectivity index (χ0) is 14.5. The number of hydrogen-bond donors (Lipinski definition) is 2. The summed E-state index contributed by atoms with van der Waals surface area (Å²) in [6.45, 7) is 8.88. The number of nitrogens with one attached hydrogen (secondary N) is 2. The minimum absolute atomic E-state index is 0.00489. The fraction of sp³-hybridized carbons (Fsp3) is 0.615. The third-order valence-electron chi connectivity index (χ3n) is 2.14. The molecule has 1 rings (SSSR count). The van der Waals surface area contributed by atoms with Crippen LogP contribution in [0.3, 0.4) is 0 Å². The van der Waals surface area contributed by atoms with Crippen molar-refractivity contribution in [3.05, 3.63) is 21.3 Å². The van der Waals surface area contributed by atoms with E-state index in [1.165, 1.54) is 4.88 Å². The molecule has 0 aliphatic carbocycles. The van der Waals surface area contributed by atoms with Crippen molar-refractivity contribution in [1.82, 2.24) is 10.6 Å². The Morgan fingerprint density at radius 1 is 1.47 bits per heavy atom. The van der Waals surface area contributed by atoms with Crippen molar-refractivity contribution in [2.24, 2.45) is 0 Å².